The summed E-state index contributed by atoms with van der Waals surface area (Å²) >= 11 is 2.05. The number of ether oxygens (including phenoxy) is 1. The summed E-state index contributed by atoms with van der Waals surface area (Å²) in [4.78, 5) is 4.11. The van der Waals surface area contributed by atoms with Gasteiger partial charge in [-0.2, -0.15) is 5.26 Å². The zero-order chi connectivity index (χ0) is 12.2. The summed E-state index contributed by atoms with van der Waals surface area (Å²) in [6.07, 6.45) is 4.62. The van der Waals surface area contributed by atoms with Crippen LogP contribution in [0.25, 0.3) is 0 Å². The maximum absolute atomic E-state index is 11.8. The van der Waals surface area contributed by atoms with Gasteiger partial charge in [-0.3, -0.25) is 0 Å². The van der Waals surface area contributed by atoms with Gasteiger partial charge in [-0.1, -0.05) is 0 Å². The van der Waals surface area contributed by atoms with E-state index in [0.29, 0.717) is 5.75 Å². The minimum Gasteiger partial charge on any atom is -0.494 e. The first-order valence-electron chi connectivity index (χ1n) is 4.25. The van der Waals surface area contributed by atoms with E-state index in [1.165, 1.54) is 6.26 Å². The van der Waals surface area contributed by atoms with Crippen molar-refractivity contribution < 1.29 is 8.95 Å². The maximum atomic E-state index is 11.8. The number of hydrogen-bond acceptors (Lipinski definition) is 5. The Morgan fingerprint density at radius 2 is 2.44 bits per heavy atom. The van der Waals surface area contributed by atoms with Crippen LogP contribution in [0.1, 0.15) is 5.56 Å². The van der Waals surface area contributed by atoms with Gasteiger partial charge in [0.2, 0.25) is 6.19 Å². The van der Waals surface area contributed by atoms with Gasteiger partial charge in [0.05, 0.1) is 22.6 Å². The average molecular weight is 351 g/mol. The molecule has 1 heterocycles. The maximum Gasteiger partial charge on any atom is 0.214 e. The lowest BCUT2D eigenvalue weighted by molar-refractivity contribution is 0.409. The molecule has 0 fully saturated rings. The van der Waals surface area contributed by atoms with E-state index in [9.17, 15) is 4.21 Å². The molecule has 0 aliphatic rings. The van der Waals surface area contributed by atoms with Crippen molar-refractivity contribution in [2.75, 3.05) is 13.4 Å². The number of rotatable bonds is 3. The van der Waals surface area contributed by atoms with Crippen LogP contribution >= 0.6 is 22.6 Å². The van der Waals surface area contributed by atoms with Crippen molar-refractivity contribution in [1.29, 1.82) is 5.26 Å². The van der Waals surface area contributed by atoms with E-state index in [1.54, 1.807) is 25.6 Å². The number of nitrogens with zero attached hydrogens (tertiary/aromatic N) is 3. The molecule has 0 spiro atoms. The zero-order valence-corrected chi connectivity index (χ0v) is 11.8. The second-order valence-electron chi connectivity index (χ2n) is 3.13. The third-order valence-electron chi connectivity index (χ3n) is 1.75. The summed E-state index contributed by atoms with van der Waals surface area (Å²) in [6, 6.07) is 1.75. The molecular weight excluding hydrogens is 341 g/mol. The predicted octanol–water partition coefficient (Wildman–Crippen LogP) is 1.77. The van der Waals surface area contributed by atoms with E-state index in [4.69, 9.17) is 10.00 Å². The van der Waals surface area contributed by atoms with Crippen LogP contribution in [-0.2, 0) is 15.5 Å². The number of methoxy groups -OCH3 is 1. The Balaban J connectivity index is 3.05. The van der Waals surface area contributed by atoms with Crippen molar-refractivity contribution in [2.45, 2.75) is 5.75 Å². The zero-order valence-electron chi connectivity index (χ0n) is 8.81. The monoisotopic (exact) mass is 351 g/mol. The predicted molar refractivity (Wildman–Crippen MR) is 69.3 cm³/mol. The van der Waals surface area contributed by atoms with Gasteiger partial charge in [0.15, 0.2) is 5.75 Å². The van der Waals surface area contributed by atoms with Crippen LogP contribution < -0.4 is 4.74 Å². The third kappa shape index (κ3) is 3.61. The van der Waals surface area contributed by atoms with Crippen LogP contribution in [0.5, 0.6) is 5.75 Å². The summed E-state index contributed by atoms with van der Waals surface area (Å²) in [6.45, 7) is 0. The van der Waals surface area contributed by atoms with Crippen molar-refractivity contribution in [2.24, 2.45) is 4.36 Å². The first kappa shape index (κ1) is 13.2. The van der Waals surface area contributed by atoms with Crippen LogP contribution in [0.15, 0.2) is 16.6 Å². The number of halogens is 1. The SMILES string of the molecule is COc1cc(CS(C)(=O)=NC#N)cnc1I. The molecule has 5 nitrogen and oxygen atoms in total. The quantitative estimate of drug-likeness (QED) is 0.473. The van der Waals surface area contributed by atoms with Gasteiger partial charge in [0.1, 0.15) is 3.70 Å². The molecule has 16 heavy (non-hydrogen) atoms. The van der Waals surface area contributed by atoms with E-state index >= 15 is 0 Å². The molecule has 1 atom stereocenters. The molecule has 0 radical (unpaired) electrons. The molecule has 0 N–H and O–H groups in total. The van der Waals surface area contributed by atoms with E-state index in [1.807, 2.05) is 22.6 Å². The van der Waals surface area contributed by atoms with Crippen LogP contribution in [0.4, 0.5) is 0 Å². The van der Waals surface area contributed by atoms with Gasteiger partial charge >= 0.3 is 0 Å². The topological polar surface area (TPSA) is 75.3 Å². The summed E-state index contributed by atoms with van der Waals surface area (Å²) in [5.74, 6) is 0.825. The largest absolute Gasteiger partial charge is 0.494 e. The highest BCUT2D eigenvalue weighted by atomic mass is 127. The first-order chi connectivity index (χ1) is 7.48. The fourth-order valence-corrected chi connectivity index (χ4v) is 2.65. The van der Waals surface area contributed by atoms with Crippen molar-refractivity contribution in [3.05, 3.63) is 21.5 Å². The molecule has 0 aromatic carbocycles. The van der Waals surface area contributed by atoms with Crippen LogP contribution in [0.2, 0.25) is 0 Å². The van der Waals surface area contributed by atoms with Crippen molar-refractivity contribution in [1.82, 2.24) is 4.98 Å². The molecule has 7 heteroatoms. The molecule has 1 aromatic heterocycles. The molecule has 0 aliphatic heterocycles. The molecule has 0 bridgehead atoms. The van der Waals surface area contributed by atoms with Gasteiger partial charge in [-0.25, -0.2) is 9.19 Å². The molecule has 1 aromatic rings. The number of aromatic nitrogens is 1. The first-order valence-corrected chi connectivity index (χ1v) is 7.42. The molecule has 0 aliphatic carbocycles. The number of pyridine rings is 1. The highest BCUT2D eigenvalue weighted by Gasteiger charge is 2.08. The highest BCUT2D eigenvalue weighted by molar-refractivity contribution is 14.1. The molecule has 0 amide bonds. The average Bonchev–Trinajstić information content (AvgIpc) is 2.20. The fraction of sp³-hybridized carbons (Fsp3) is 0.333. The Hall–Kier alpha value is -0.880. The smallest absolute Gasteiger partial charge is 0.214 e. The minimum absolute atomic E-state index is 0.195. The van der Waals surface area contributed by atoms with Gasteiger partial charge in [0.25, 0.3) is 0 Å². The standard InChI is InChI=1S/C9H10IN3O2S/c1-15-8-3-7(4-12-9(8)10)5-16(2,14)13-6-11/h3-4H,5H2,1-2H3. The highest BCUT2D eigenvalue weighted by Crippen LogP contribution is 2.20. The normalized spacial score (nSPS) is 13.6. The Kier molecular flexibility index (Phi) is 4.49. The molecule has 1 rings (SSSR count). The molecular formula is C9H10IN3O2S. The third-order valence-corrected chi connectivity index (χ3v) is 3.90. The summed E-state index contributed by atoms with van der Waals surface area (Å²) in [5, 5.41) is 8.39. The summed E-state index contributed by atoms with van der Waals surface area (Å²) in [5.41, 5.74) is 0.740. The van der Waals surface area contributed by atoms with Crippen molar-refractivity contribution in [3.63, 3.8) is 0 Å². The lowest BCUT2D eigenvalue weighted by Crippen LogP contribution is -2.02. The molecule has 0 saturated carbocycles. The van der Waals surface area contributed by atoms with Gasteiger partial charge in [-0.15, -0.1) is 4.36 Å². The minimum atomic E-state index is -2.51. The van der Waals surface area contributed by atoms with Crippen molar-refractivity contribution in [3.8, 4) is 11.9 Å². The van der Waals surface area contributed by atoms with Crippen LogP contribution in [-0.4, -0.2) is 22.6 Å². The molecule has 86 valence electrons. The summed E-state index contributed by atoms with van der Waals surface area (Å²) in [7, 11) is -0.959. The lowest BCUT2D eigenvalue weighted by Gasteiger charge is -2.06. The second kappa shape index (κ2) is 5.45. The number of nitriles is 1. The Morgan fingerprint density at radius 3 is 3.00 bits per heavy atom. The lowest BCUT2D eigenvalue weighted by atomic mass is 10.3. The molecule has 1 unspecified atom stereocenters. The Morgan fingerprint density at radius 1 is 1.75 bits per heavy atom. The van der Waals surface area contributed by atoms with E-state index in [0.717, 1.165) is 9.26 Å². The van der Waals surface area contributed by atoms with Gasteiger partial charge in [0, 0.05) is 12.5 Å². The molecule has 0 saturated heterocycles. The van der Waals surface area contributed by atoms with Gasteiger partial charge < -0.3 is 4.74 Å². The van der Waals surface area contributed by atoms with Gasteiger partial charge in [-0.05, 0) is 34.2 Å². The van der Waals surface area contributed by atoms with Crippen LogP contribution in [0, 0.1) is 15.2 Å². The Bertz CT molecular complexity index is 544. The van der Waals surface area contributed by atoms with E-state index in [-0.39, 0.29) is 5.75 Å². The Labute approximate surface area is 108 Å². The fourth-order valence-electron chi connectivity index (χ4n) is 1.12. The van der Waals surface area contributed by atoms with Crippen molar-refractivity contribution >= 4 is 32.3 Å². The number of hydrogen-bond donors (Lipinski definition) is 0. The van der Waals surface area contributed by atoms with E-state index in [2.05, 4.69) is 9.35 Å². The van der Waals surface area contributed by atoms with E-state index < -0.39 is 9.73 Å². The second-order valence-corrected chi connectivity index (χ2v) is 6.54. The summed E-state index contributed by atoms with van der Waals surface area (Å²) < 4.78 is 21.0. The van der Waals surface area contributed by atoms with Crippen LogP contribution in [0.3, 0.4) is 0 Å².